The lowest BCUT2D eigenvalue weighted by Gasteiger charge is -2.19. The lowest BCUT2D eigenvalue weighted by atomic mass is 9.85. The Hall–Kier alpha value is -5.76. The maximum Gasteiger partial charge on any atom is 0.0875 e. The molecule has 0 atom stereocenters. The van der Waals surface area contributed by atoms with E-state index in [0.717, 1.165) is 0 Å². The summed E-state index contributed by atoms with van der Waals surface area (Å²) in [6, 6.07) is 67.4. The third kappa shape index (κ3) is 4.93. The molecule has 9 aromatic rings. The highest BCUT2D eigenvalue weighted by Crippen LogP contribution is 2.44. The highest BCUT2D eigenvalue weighted by atomic mass is 28.2. The highest BCUT2D eigenvalue weighted by Gasteiger charge is 2.18. The molecule has 0 bridgehead atoms. The monoisotopic (exact) mass is 612 g/mol. The molecular weight excluding hydrogens is 581 g/mol. The van der Waals surface area contributed by atoms with E-state index in [9.17, 15) is 0 Å². The molecule has 0 radical (unpaired) electrons. The van der Waals surface area contributed by atoms with Gasteiger partial charge in [0.2, 0.25) is 0 Å². The van der Waals surface area contributed by atoms with Crippen LogP contribution in [0, 0.1) is 0 Å². The summed E-state index contributed by atoms with van der Waals surface area (Å²) in [5.74, 6) is 0. The van der Waals surface area contributed by atoms with Gasteiger partial charge >= 0.3 is 0 Å². The first kappa shape index (κ1) is 27.5. The van der Waals surface area contributed by atoms with Gasteiger partial charge in [0.05, 0.1) is 9.52 Å². The van der Waals surface area contributed by atoms with Crippen molar-refractivity contribution >= 4 is 63.0 Å². The first-order chi connectivity index (χ1) is 23.3. The van der Waals surface area contributed by atoms with E-state index in [2.05, 4.69) is 182 Å². The molecule has 0 aliphatic rings. The third-order valence-corrected chi connectivity index (χ3v) is 11.4. The van der Waals surface area contributed by atoms with Gasteiger partial charge in [-0.25, -0.2) is 0 Å². The van der Waals surface area contributed by atoms with E-state index in [1.165, 1.54) is 86.8 Å². The molecule has 9 aromatic carbocycles. The molecule has 0 heterocycles. The molecular formula is C46H32Si. The quantitative estimate of drug-likeness (QED) is 0.134. The van der Waals surface area contributed by atoms with Crippen LogP contribution in [0.4, 0.5) is 0 Å². The maximum absolute atomic E-state index is 2.50. The number of fused-ring (bicyclic) bond motifs is 4. The van der Waals surface area contributed by atoms with Gasteiger partial charge in [-0.3, -0.25) is 0 Å². The molecule has 0 unspecified atom stereocenters. The van der Waals surface area contributed by atoms with Gasteiger partial charge in [-0.1, -0.05) is 186 Å². The molecule has 0 fully saturated rings. The zero-order valence-corrected chi connectivity index (χ0v) is 27.4. The van der Waals surface area contributed by atoms with Gasteiger partial charge in [-0.15, -0.1) is 0 Å². The normalized spacial score (nSPS) is 11.7. The van der Waals surface area contributed by atoms with Crippen molar-refractivity contribution in [2.24, 2.45) is 0 Å². The maximum atomic E-state index is 2.50. The van der Waals surface area contributed by atoms with Crippen molar-refractivity contribution in [3.8, 4) is 33.4 Å². The van der Waals surface area contributed by atoms with Crippen LogP contribution in [0.25, 0.3) is 76.5 Å². The van der Waals surface area contributed by atoms with Crippen molar-refractivity contribution < 1.29 is 0 Å². The second kappa shape index (κ2) is 11.5. The summed E-state index contributed by atoms with van der Waals surface area (Å²) in [6.07, 6.45) is 0. The summed E-state index contributed by atoms with van der Waals surface area (Å²) in [6.45, 7) is 0. The number of benzene rings is 9. The first-order valence-electron chi connectivity index (χ1n) is 16.4. The Labute approximate surface area is 277 Å². The van der Waals surface area contributed by atoms with Gasteiger partial charge < -0.3 is 0 Å². The summed E-state index contributed by atoms with van der Waals surface area (Å²) in [5, 5.41) is 13.2. The fourth-order valence-corrected chi connectivity index (χ4v) is 8.95. The summed E-state index contributed by atoms with van der Waals surface area (Å²) >= 11 is 0. The van der Waals surface area contributed by atoms with E-state index in [0.29, 0.717) is 0 Å². The zero-order valence-electron chi connectivity index (χ0n) is 26.0. The van der Waals surface area contributed by atoms with Crippen molar-refractivity contribution in [3.05, 3.63) is 182 Å². The van der Waals surface area contributed by atoms with Gasteiger partial charge in [0, 0.05) is 0 Å². The van der Waals surface area contributed by atoms with Crippen LogP contribution >= 0.6 is 0 Å². The van der Waals surface area contributed by atoms with E-state index in [1.807, 2.05) is 0 Å². The minimum Gasteiger partial charge on any atom is -0.0633 e. The van der Waals surface area contributed by atoms with E-state index in [-0.39, 0.29) is 0 Å². The van der Waals surface area contributed by atoms with Crippen LogP contribution in [0.3, 0.4) is 0 Å². The Balaban J connectivity index is 1.28. The highest BCUT2D eigenvalue weighted by molar-refractivity contribution is 6.67. The number of hydrogen-bond donors (Lipinski definition) is 0. The second-order valence-electron chi connectivity index (χ2n) is 12.5. The fourth-order valence-electron chi connectivity index (χ4n) is 7.43. The standard InChI is InChI=1S/C46H32Si/c1-2-15-37(16-3-1)47-38-27-28-43-44(30-38)46(36-26-21-31-11-4-5-13-35(31)29-36)42-19-9-8-18-41(42)45(43)34-24-22-33(23-25-34)40-20-10-14-32-12-6-7-17-39(32)40/h1-30H,47H2. The minimum absolute atomic E-state index is 0.631. The molecule has 0 N–H and O–H groups in total. The fraction of sp³-hybridized carbons (Fsp3) is 0. The molecule has 0 saturated heterocycles. The molecule has 0 amide bonds. The zero-order chi connectivity index (χ0) is 31.2. The van der Waals surface area contributed by atoms with E-state index < -0.39 is 9.52 Å². The van der Waals surface area contributed by atoms with E-state index >= 15 is 0 Å². The van der Waals surface area contributed by atoms with Crippen LogP contribution in [0.1, 0.15) is 0 Å². The smallest absolute Gasteiger partial charge is 0.0633 e. The molecule has 9 rings (SSSR count). The molecule has 0 nitrogen and oxygen atoms in total. The molecule has 0 aliphatic carbocycles. The van der Waals surface area contributed by atoms with Crippen LogP contribution in [-0.2, 0) is 0 Å². The molecule has 0 aliphatic heterocycles. The molecule has 220 valence electrons. The van der Waals surface area contributed by atoms with Gasteiger partial charge in [-0.05, 0) is 82.5 Å². The third-order valence-electron chi connectivity index (χ3n) is 9.65. The molecule has 47 heavy (non-hydrogen) atoms. The first-order valence-corrected chi connectivity index (χ1v) is 17.8. The van der Waals surface area contributed by atoms with Gasteiger partial charge in [-0.2, -0.15) is 0 Å². The topological polar surface area (TPSA) is 0 Å². The molecule has 0 spiro atoms. The van der Waals surface area contributed by atoms with Gasteiger partial charge in [0.15, 0.2) is 0 Å². The van der Waals surface area contributed by atoms with E-state index in [4.69, 9.17) is 0 Å². The molecule has 1 heteroatoms. The minimum atomic E-state index is -0.631. The van der Waals surface area contributed by atoms with Crippen molar-refractivity contribution in [1.29, 1.82) is 0 Å². The Bertz CT molecular complexity index is 2570. The summed E-state index contributed by atoms with van der Waals surface area (Å²) < 4.78 is 0. The molecule has 0 aromatic heterocycles. The Morgan fingerprint density at radius 1 is 0.277 bits per heavy atom. The van der Waals surface area contributed by atoms with E-state index in [1.54, 1.807) is 0 Å². The lowest BCUT2D eigenvalue weighted by Crippen LogP contribution is -2.26. The van der Waals surface area contributed by atoms with Crippen molar-refractivity contribution in [1.82, 2.24) is 0 Å². The Morgan fingerprint density at radius 3 is 1.64 bits per heavy atom. The SMILES string of the molecule is c1ccc([SiH2]c2ccc3c(-c4ccc(-c5cccc6ccccc56)cc4)c4ccccc4c(-c4ccc5ccccc5c4)c3c2)cc1. The van der Waals surface area contributed by atoms with Crippen LogP contribution < -0.4 is 10.4 Å². The van der Waals surface area contributed by atoms with Gasteiger partial charge in [0.1, 0.15) is 0 Å². The second-order valence-corrected chi connectivity index (χ2v) is 14.5. The van der Waals surface area contributed by atoms with Crippen LogP contribution in [0.2, 0.25) is 0 Å². The Kier molecular flexibility index (Phi) is 6.77. The Morgan fingerprint density at radius 2 is 0.851 bits per heavy atom. The van der Waals surface area contributed by atoms with Crippen molar-refractivity contribution in [2.75, 3.05) is 0 Å². The van der Waals surface area contributed by atoms with Crippen LogP contribution in [0.15, 0.2) is 182 Å². The predicted octanol–water partition coefficient (Wildman–Crippen LogP) is 10.4. The number of hydrogen-bond acceptors (Lipinski definition) is 0. The predicted molar refractivity (Wildman–Crippen MR) is 207 cm³/mol. The average Bonchev–Trinajstić information content (AvgIpc) is 3.14. The van der Waals surface area contributed by atoms with Gasteiger partial charge in [0.25, 0.3) is 0 Å². The van der Waals surface area contributed by atoms with Crippen molar-refractivity contribution in [3.63, 3.8) is 0 Å². The lowest BCUT2D eigenvalue weighted by molar-refractivity contribution is 1.63. The average molecular weight is 613 g/mol. The van der Waals surface area contributed by atoms with Crippen LogP contribution in [0.5, 0.6) is 0 Å². The number of rotatable bonds is 5. The summed E-state index contributed by atoms with van der Waals surface area (Å²) in [7, 11) is -0.631. The largest absolute Gasteiger partial charge is 0.0875 e. The van der Waals surface area contributed by atoms with Crippen LogP contribution in [-0.4, -0.2) is 9.52 Å². The summed E-state index contributed by atoms with van der Waals surface area (Å²) in [5.41, 5.74) is 7.64. The van der Waals surface area contributed by atoms with Crippen molar-refractivity contribution in [2.45, 2.75) is 0 Å². The molecule has 0 saturated carbocycles. The summed E-state index contributed by atoms with van der Waals surface area (Å²) in [4.78, 5) is 0.